The van der Waals surface area contributed by atoms with Crippen molar-refractivity contribution in [2.45, 2.75) is 45.5 Å². The zero-order valence-corrected chi connectivity index (χ0v) is 19.3. The lowest BCUT2D eigenvalue weighted by Gasteiger charge is -2.29. The lowest BCUT2D eigenvalue weighted by atomic mass is 10.2. The Balaban J connectivity index is 1.64. The Morgan fingerprint density at radius 3 is 2.73 bits per heavy atom. The number of alkyl halides is 3. The Labute approximate surface area is 192 Å². The SMILES string of the molecule is CCCc1cc2c(N3CCn4c(nnc4C(F)(F)F)C3)nc(OCCC(=O)N(C)C)nc2s1. The van der Waals surface area contributed by atoms with Crippen molar-refractivity contribution in [2.24, 2.45) is 0 Å². The average Bonchev–Trinajstić information content (AvgIpc) is 3.36. The van der Waals surface area contributed by atoms with Gasteiger partial charge in [0, 0.05) is 32.1 Å². The summed E-state index contributed by atoms with van der Waals surface area (Å²) in [4.78, 5) is 26.1. The molecule has 0 unspecified atom stereocenters. The summed E-state index contributed by atoms with van der Waals surface area (Å²) < 4.78 is 46.4. The van der Waals surface area contributed by atoms with Crippen LogP contribution < -0.4 is 9.64 Å². The van der Waals surface area contributed by atoms with Crippen LogP contribution in [0, 0.1) is 0 Å². The highest BCUT2D eigenvalue weighted by atomic mass is 32.1. The fraction of sp³-hybridized carbons (Fsp3) is 0.550. The van der Waals surface area contributed by atoms with Gasteiger partial charge >= 0.3 is 12.2 Å². The van der Waals surface area contributed by atoms with Crippen LogP contribution in [0.3, 0.4) is 0 Å². The molecule has 0 aliphatic carbocycles. The smallest absolute Gasteiger partial charge is 0.451 e. The number of carbonyl (C=O) groups excluding carboxylic acids is 1. The Kier molecular flexibility index (Phi) is 6.41. The molecule has 33 heavy (non-hydrogen) atoms. The van der Waals surface area contributed by atoms with Crippen molar-refractivity contribution < 1.29 is 22.7 Å². The molecule has 1 amide bonds. The van der Waals surface area contributed by atoms with E-state index in [2.05, 4.69) is 27.1 Å². The summed E-state index contributed by atoms with van der Waals surface area (Å²) in [5.41, 5.74) is 0. The minimum absolute atomic E-state index is 0.0755. The van der Waals surface area contributed by atoms with Gasteiger partial charge in [-0.2, -0.15) is 23.1 Å². The first kappa shape index (κ1) is 23.2. The monoisotopic (exact) mass is 483 g/mol. The molecular formula is C20H24F3N7O2S. The number of ether oxygens (including phenoxy) is 1. The molecule has 9 nitrogen and oxygen atoms in total. The van der Waals surface area contributed by atoms with Crippen molar-refractivity contribution >= 4 is 33.3 Å². The van der Waals surface area contributed by atoms with Crippen molar-refractivity contribution in [3.05, 3.63) is 22.6 Å². The maximum atomic E-state index is 13.2. The number of aromatic nitrogens is 5. The van der Waals surface area contributed by atoms with E-state index in [-0.39, 0.29) is 43.9 Å². The van der Waals surface area contributed by atoms with E-state index >= 15 is 0 Å². The van der Waals surface area contributed by atoms with Gasteiger partial charge in [-0.3, -0.25) is 4.79 Å². The van der Waals surface area contributed by atoms with Crippen molar-refractivity contribution in [1.82, 2.24) is 29.6 Å². The molecule has 0 saturated carbocycles. The Hall–Kier alpha value is -2.96. The predicted octanol–water partition coefficient (Wildman–Crippen LogP) is 3.13. The normalized spacial score (nSPS) is 13.9. The van der Waals surface area contributed by atoms with Crippen LogP contribution in [0.2, 0.25) is 0 Å². The second-order valence-corrected chi connectivity index (χ2v) is 9.02. The summed E-state index contributed by atoms with van der Waals surface area (Å²) in [5, 5.41) is 7.93. The molecule has 4 heterocycles. The fourth-order valence-electron chi connectivity index (χ4n) is 3.61. The Morgan fingerprint density at radius 2 is 2.03 bits per heavy atom. The van der Waals surface area contributed by atoms with Gasteiger partial charge in [-0.15, -0.1) is 21.5 Å². The van der Waals surface area contributed by atoms with Crippen molar-refractivity contribution in [1.29, 1.82) is 0 Å². The van der Waals surface area contributed by atoms with Crippen LogP contribution in [-0.4, -0.2) is 62.8 Å². The summed E-state index contributed by atoms with van der Waals surface area (Å²) in [5.74, 6) is -0.257. The molecule has 1 aliphatic heterocycles. The molecule has 4 rings (SSSR count). The van der Waals surface area contributed by atoms with Gasteiger partial charge in [-0.05, 0) is 12.5 Å². The van der Waals surface area contributed by atoms with Crippen molar-refractivity contribution in [3.63, 3.8) is 0 Å². The summed E-state index contributed by atoms with van der Waals surface area (Å²) in [6.45, 7) is 2.73. The number of carbonyl (C=O) groups is 1. The van der Waals surface area contributed by atoms with Gasteiger partial charge in [0.25, 0.3) is 0 Å². The molecule has 0 fully saturated rings. The van der Waals surface area contributed by atoms with Crippen molar-refractivity contribution in [2.75, 3.05) is 32.1 Å². The van der Waals surface area contributed by atoms with Crippen LogP contribution in [0.4, 0.5) is 19.0 Å². The highest BCUT2D eigenvalue weighted by Gasteiger charge is 2.39. The number of fused-ring (bicyclic) bond motifs is 2. The molecule has 0 atom stereocenters. The Bertz CT molecular complexity index is 1160. The second kappa shape index (κ2) is 9.12. The molecule has 0 bridgehead atoms. The number of amides is 1. The molecular weight excluding hydrogens is 459 g/mol. The molecule has 13 heteroatoms. The van der Waals surface area contributed by atoms with Gasteiger partial charge in [0.05, 0.1) is 18.4 Å². The van der Waals surface area contributed by atoms with Crippen molar-refractivity contribution in [3.8, 4) is 6.01 Å². The number of aryl methyl sites for hydroxylation is 1. The van der Waals surface area contributed by atoms with E-state index in [1.54, 1.807) is 14.1 Å². The topological polar surface area (TPSA) is 89.3 Å². The van der Waals surface area contributed by atoms with Gasteiger partial charge in [0.1, 0.15) is 17.3 Å². The van der Waals surface area contributed by atoms with E-state index < -0.39 is 12.0 Å². The van der Waals surface area contributed by atoms with Gasteiger partial charge in [-0.1, -0.05) is 13.3 Å². The predicted molar refractivity (Wildman–Crippen MR) is 116 cm³/mol. The van der Waals surface area contributed by atoms with E-state index in [0.717, 1.165) is 32.5 Å². The molecule has 3 aromatic rings. The summed E-state index contributed by atoms with van der Waals surface area (Å²) in [7, 11) is 3.34. The van der Waals surface area contributed by atoms with E-state index in [1.807, 2.05) is 11.0 Å². The van der Waals surface area contributed by atoms with Gasteiger partial charge < -0.3 is 19.1 Å². The second-order valence-electron chi connectivity index (χ2n) is 7.91. The highest BCUT2D eigenvalue weighted by molar-refractivity contribution is 7.18. The molecule has 178 valence electrons. The van der Waals surface area contributed by atoms with Gasteiger partial charge in [-0.25, -0.2) is 0 Å². The largest absolute Gasteiger partial charge is 0.463 e. The van der Waals surface area contributed by atoms with Gasteiger partial charge in [0.15, 0.2) is 5.82 Å². The minimum atomic E-state index is -4.55. The maximum absolute atomic E-state index is 13.2. The van der Waals surface area contributed by atoms with Crippen LogP contribution in [0.15, 0.2) is 6.07 Å². The number of halogens is 3. The fourth-order valence-corrected chi connectivity index (χ4v) is 4.73. The third-order valence-corrected chi connectivity index (χ3v) is 6.34. The van der Waals surface area contributed by atoms with Crippen LogP contribution in [-0.2, 0) is 30.5 Å². The first-order valence-corrected chi connectivity index (χ1v) is 11.4. The third-order valence-electron chi connectivity index (χ3n) is 5.25. The van der Waals surface area contributed by atoms with E-state index in [4.69, 9.17) is 4.74 Å². The standard InChI is InChI=1S/C20H24F3N7O2S/c1-4-5-12-10-13-16(24-19(25-17(13)33-12)32-9-6-15(31)28(2)3)29-7-8-30-14(11-29)26-27-18(30)20(21,22)23/h10H,4-9,11H2,1-3H3. The number of thiophene rings is 1. The molecule has 1 aliphatic rings. The highest BCUT2D eigenvalue weighted by Crippen LogP contribution is 2.35. The Morgan fingerprint density at radius 1 is 1.24 bits per heavy atom. The van der Waals surface area contributed by atoms with Crippen LogP contribution in [0.5, 0.6) is 6.01 Å². The van der Waals surface area contributed by atoms with E-state index in [0.29, 0.717) is 12.4 Å². The first-order chi connectivity index (χ1) is 15.7. The minimum Gasteiger partial charge on any atom is -0.463 e. The first-order valence-electron chi connectivity index (χ1n) is 10.5. The van der Waals surface area contributed by atoms with Crippen LogP contribution in [0.1, 0.15) is 36.3 Å². The quantitative estimate of drug-likeness (QED) is 0.510. The van der Waals surface area contributed by atoms with E-state index in [9.17, 15) is 18.0 Å². The summed E-state index contributed by atoms with van der Waals surface area (Å²) in [6.07, 6.45) is -2.51. The molecule has 0 aromatic carbocycles. The number of hydrogen-bond donors (Lipinski definition) is 0. The maximum Gasteiger partial charge on any atom is 0.451 e. The number of nitrogens with zero attached hydrogens (tertiary/aromatic N) is 7. The summed E-state index contributed by atoms with van der Waals surface area (Å²) >= 11 is 1.54. The lowest BCUT2D eigenvalue weighted by Crippen LogP contribution is -2.36. The number of anilines is 1. The van der Waals surface area contributed by atoms with E-state index in [1.165, 1.54) is 16.2 Å². The molecule has 0 N–H and O–H groups in total. The average molecular weight is 484 g/mol. The third kappa shape index (κ3) is 4.87. The van der Waals surface area contributed by atoms with Crippen LogP contribution >= 0.6 is 11.3 Å². The summed E-state index contributed by atoms with van der Waals surface area (Å²) in [6, 6.07) is 2.16. The number of hydrogen-bond acceptors (Lipinski definition) is 8. The van der Waals surface area contributed by atoms with Crippen LogP contribution in [0.25, 0.3) is 10.2 Å². The zero-order chi connectivity index (χ0) is 23.8. The molecule has 3 aromatic heterocycles. The molecule has 0 radical (unpaired) electrons. The molecule has 0 spiro atoms. The lowest BCUT2D eigenvalue weighted by molar-refractivity contribution is -0.147. The van der Waals surface area contributed by atoms with Gasteiger partial charge in [0.2, 0.25) is 11.7 Å². The molecule has 0 saturated heterocycles. The number of rotatable bonds is 7. The zero-order valence-electron chi connectivity index (χ0n) is 18.5.